The molecule has 0 aromatic rings. The van der Waals surface area contributed by atoms with Crippen molar-refractivity contribution in [1.29, 1.82) is 0 Å². The van der Waals surface area contributed by atoms with Crippen molar-refractivity contribution in [3.8, 4) is 0 Å². The van der Waals surface area contributed by atoms with Crippen molar-refractivity contribution in [2.75, 3.05) is 73.2 Å². The Morgan fingerprint density at radius 3 is 0.978 bits per heavy atom. The molecule has 0 aliphatic heterocycles. The van der Waals surface area contributed by atoms with Crippen molar-refractivity contribution < 1.29 is 135 Å². The van der Waals surface area contributed by atoms with Gasteiger partial charge in [-0.15, -0.1) is 0 Å². The van der Waals surface area contributed by atoms with Gasteiger partial charge in [-0.2, -0.15) is 0 Å². The first kappa shape index (κ1) is 81.3. The maximum Gasteiger partial charge on any atom is 1.00 e. The van der Waals surface area contributed by atoms with Crippen LogP contribution in [0, 0.1) is 67.0 Å². The summed E-state index contributed by atoms with van der Waals surface area (Å²) in [6.45, 7) is 27.0. The zero-order valence-electron chi connectivity index (χ0n) is 56.6. The zero-order chi connectivity index (χ0) is 68.0. The van der Waals surface area contributed by atoms with E-state index in [-0.39, 0.29) is 151 Å². The molecular formula is C68H101LiO24. The molecule has 8 unspecified atom stereocenters. The summed E-state index contributed by atoms with van der Waals surface area (Å²) in [5.74, 6) is -5.42. The number of aliphatic carboxylic acids is 1. The first-order valence-corrected chi connectivity index (χ1v) is 32.7. The summed E-state index contributed by atoms with van der Waals surface area (Å²) in [5.41, 5.74) is -5.92. The first-order chi connectivity index (χ1) is 43.1. The molecular weight excluding hydrogens is 1210 g/mol. The fraction of sp³-hybridized carbons (Fsp3) is 0.750. The van der Waals surface area contributed by atoms with Crippen LogP contribution >= 0.6 is 0 Å². The second-order valence-corrected chi connectivity index (χ2v) is 25.8. The van der Waals surface area contributed by atoms with E-state index >= 15 is 0 Å². The van der Waals surface area contributed by atoms with Gasteiger partial charge in [-0.25, -0.2) is 9.59 Å². The van der Waals surface area contributed by atoms with Crippen LogP contribution in [0.15, 0.2) is 36.5 Å². The number of methoxy groups -OCH3 is 1. The van der Waals surface area contributed by atoms with Gasteiger partial charge in [0.25, 0.3) is 0 Å². The number of unbranched alkanes of at least 4 members (excludes halogenated alkanes) is 4. The normalized spacial score (nSPS) is 26.6. The van der Waals surface area contributed by atoms with E-state index < -0.39 is 97.6 Å². The number of carbonyl (C=O) groups excluding carboxylic acids is 10. The van der Waals surface area contributed by atoms with Gasteiger partial charge in [0, 0.05) is 47.0 Å². The molecule has 8 fully saturated rings. The fourth-order valence-electron chi connectivity index (χ4n) is 15.6. The Kier molecular flexibility index (Phi) is 29.8. The Morgan fingerprint density at radius 2 is 0.677 bits per heavy atom. The van der Waals surface area contributed by atoms with E-state index in [9.17, 15) is 52.7 Å². The van der Waals surface area contributed by atoms with Crippen LogP contribution in [0.25, 0.3) is 0 Å². The molecule has 0 amide bonds. The van der Waals surface area contributed by atoms with Gasteiger partial charge in [0.2, 0.25) is 0 Å². The Balaban J connectivity index is 0.000000379. The van der Waals surface area contributed by atoms with Gasteiger partial charge in [-0.3, -0.25) is 43.2 Å². The number of ether oxygens (including phenoxy) is 9. The number of carbonyl (C=O) groups is 11. The van der Waals surface area contributed by atoms with Crippen LogP contribution in [0.5, 0.6) is 0 Å². The van der Waals surface area contributed by atoms with Crippen molar-refractivity contribution in [3.05, 3.63) is 36.5 Å². The minimum absolute atomic E-state index is 0. The number of hydrogen-bond acceptors (Lipinski definition) is 23. The molecule has 0 radical (unpaired) electrons. The number of Topliss-reactive ketones (excluding diaryl/α,β-unsaturated/α-hetero) is 1. The molecule has 25 heteroatoms. The van der Waals surface area contributed by atoms with Crippen LogP contribution in [0.1, 0.15) is 184 Å². The molecule has 8 atom stereocenters. The SMILES string of the molecule is C=C(C(=O)CCCCCCCC12CC1CC(C(=O)OCC)(C(=O)OCC)C2)C12CC1CC(C(=O)OCC)(C(=O)OCC)C2.C=C(C(=O)O)C12CC1CC(C(=O)OCC)(C(=O)OCC)C2.C=C(C(=O)OC)C12CC1CC(C(=O)OCC)(C(=O)OCC)C2.OCCCO.[Li+].[OH-]. The molecule has 8 rings (SSSR count). The van der Waals surface area contributed by atoms with Crippen LogP contribution in [0.3, 0.4) is 0 Å². The van der Waals surface area contributed by atoms with Crippen molar-refractivity contribution >= 4 is 65.5 Å². The predicted molar refractivity (Wildman–Crippen MR) is 327 cm³/mol. The molecule has 0 bridgehead atoms. The van der Waals surface area contributed by atoms with Gasteiger partial charge in [0.15, 0.2) is 27.4 Å². The molecule has 8 aliphatic rings. The molecule has 0 aromatic heterocycles. The number of ketones is 1. The van der Waals surface area contributed by atoms with Gasteiger partial charge in [-0.05, 0) is 186 Å². The summed E-state index contributed by atoms with van der Waals surface area (Å²) in [5, 5.41) is 25.0. The van der Waals surface area contributed by atoms with Gasteiger partial charge in [0.05, 0.1) is 60.0 Å². The minimum atomic E-state index is -1.38. The summed E-state index contributed by atoms with van der Waals surface area (Å²) in [7, 11) is 1.29. The molecule has 93 heavy (non-hydrogen) atoms. The number of carboxylic acid groups (broad SMARTS) is 1. The number of aliphatic hydroxyl groups is 2. The number of aliphatic hydroxyl groups excluding tert-OH is 2. The second-order valence-electron chi connectivity index (χ2n) is 25.8. The standard InChI is InChI=1S/C34H50O9.C16H22O6.C15H20O6.C3H8O2.Li.H2O/c1-6-40-27(36)33(28(37)41-7-2)18-24-17-31(24,21-33)16-14-12-10-11-13-15-26(35)23(5)32-19-25(32)20-34(22-32,29(38)42-8-3)30(39)43-9-4;1-5-21-13(18)16(14(19)22-6-2)8-11-7-15(11,9-16)10(3)12(17)20-4;1-4-20-12(18)15(13(19)21-5-2)7-10-6-14(10,8-15)9(3)11(16)17;4-2-1-3-5;;/h24-25H,5-22H2,1-4H3;11H,3,5-9H2,1-2,4H3;10H,3-8H2,1-2H3,(H,16,17);4-5H,1-3H2;;1H2/q;;;;+1;/p-1. The van der Waals surface area contributed by atoms with Crippen LogP contribution in [0.4, 0.5) is 0 Å². The summed E-state index contributed by atoms with van der Waals surface area (Å²) in [6, 6.07) is 0. The molecule has 0 heterocycles. The number of esters is 9. The number of hydrogen-bond donors (Lipinski definition) is 3. The molecule has 0 aromatic carbocycles. The van der Waals surface area contributed by atoms with Crippen LogP contribution in [0.2, 0.25) is 0 Å². The molecule has 8 saturated carbocycles. The summed E-state index contributed by atoms with van der Waals surface area (Å²) >= 11 is 0. The minimum Gasteiger partial charge on any atom is -0.870 e. The van der Waals surface area contributed by atoms with Crippen molar-refractivity contribution in [1.82, 2.24) is 0 Å². The van der Waals surface area contributed by atoms with Gasteiger partial charge in [0.1, 0.15) is 0 Å². The third kappa shape index (κ3) is 16.7. The van der Waals surface area contributed by atoms with E-state index in [0.717, 1.165) is 57.8 Å². The van der Waals surface area contributed by atoms with E-state index in [1.807, 2.05) is 0 Å². The van der Waals surface area contributed by atoms with E-state index in [0.29, 0.717) is 62.0 Å². The second kappa shape index (κ2) is 34.1. The topological polar surface area (TPSA) is 362 Å². The Hall–Kier alpha value is -5.93. The van der Waals surface area contributed by atoms with E-state index in [1.54, 1.807) is 55.4 Å². The molecule has 518 valence electrons. The Morgan fingerprint density at radius 1 is 0.387 bits per heavy atom. The number of carboxylic acids is 1. The number of fused-ring (bicyclic) bond motifs is 4. The van der Waals surface area contributed by atoms with E-state index in [2.05, 4.69) is 19.7 Å². The summed E-state index contributed by atoms with van der Waals surface area (Å²) in [4.78, 5) is 137. The average Bonchev–Trinajstić information content (AvgIpc) is 1.56. The van der Waals surface area contributed by atoms with Crippen LogP contribution in [-0.2, 0) is 95.4 Å². The average molecular weight is 1310 g/mol. The van der Waals surface area contributed by atoms with Crippen molar-refractivity contribution in [2.24, 2.45) is 67.0 Å². The van der Waals surface area contributed by atoms with E-state index in [4.69, 9.17) is 58.0 Å². The summed E-state index contributed by atoms with van der Waals surface area (Å²) < 4.78 is 46.1. The third-order valence-electron chi connectivity index (χ3n) is 20.5. The quantitative estimate of drug-likeness (QED) is 0.0199. The van der Waals surface area contributed by atoms with Gasteiger partial charge >= 0.3 is 78.6 Å². The Bertz CT molecular complexity index is 2700. The predicted octanol–water partition coefficient (Wildman–Crippen LogP) is 5.02. The van der Waals surface area contributed by atoms with Crippen molar-refractivity contribution in [3.63, 3.8) is 0 Å². The maximum absolute atomic E-state index is 13.1. The monoisotopic (exact) mass is 1310 g/mol. The zero-order valence-corrected chi connectivity index (χ0v) is 56.6. The van der Waals surface area contributed by atoms with Crippen LogP contribution < -0.4 is 18.9 Å². The maximum atomic E-state index is 13.1. The third-order valence-corrected chi connectivity index (χ3v) is 20.5. The fourth-order valence-corrected chi connectivity index (χ4v) is 15.6. The number of allylic oxidation sites excluding steroid dienone is 1. The van der Waals surface area contributed by atoms with Crippen LogP contribution in [-0.4, -0.2) is 159 Å². The summed E-state index contributed by atoms with van der Waals surface area (Å²) in [6.07, 6.45) is 12.4. The number of rotatable bonds is 32. The Labute approximate surface area is 558 Å². The largest absolute Gasteiger partial charge is 1.00 e. The van der Waals surface area contributed by atoms with E-state index in [1.165, 1.54) is 7.11 Å². The molecule has 4 N–H and O–H groups in total. The molecule has 0 spiro atoms. The molecule has 0 saturated heterocycles. The van der Waals surface area contributed by atoms with Gasteiger partial charge < -0.3 is 63.4 Å². The molecule has 8 aliphatic carbocycles. The first-order valence-electron chi connectivity index (χ1n) is 32.7. The smallest absolute Gasteiger partial charge is 0.870 e. The van der Waals surface area contributed by atoms with Gasteiger partial charge in [-0.1, -0.05) is 45.4 Å². The molecule has 24 nitrogen and oxygen atoms in total. The van der Waals surface area contributed by atoms with Crippen molar-refractivity contribution in [2.45, 2.75) is 184 Å².